The van der Waals surface area contributed by atoms with Crippen LogP contribution < -0.4 is 10.2 Å². The Bertz CT molecular complexity index is 1010. The molecule has 3 aromatic rings. The van der Waals surface area contributed by atoms with Gasteiger partial charge in [0, 0.05) is 17.7 Å². The highest BCUT2D eigenvalue weighted by atomic mass is 16.6. The van der Waals surface area contributed by atoms with Gasteiger partial charge in [-0.25, -0.2) is 5.43 Å². The largest absolute Gasteiger partial charge is 0.496 e. The van der Waals surface area contributed by atoms with Crippen molar-refractivity contribution in [3.8, 4) is 5.75 Å². The summed E-state index contributed by atoms with van der Waals surface area (Å²) in [5.41, 5.74) is 3.89. The van der Waals surface area contributed by atoms with E-state index in [1.54, 1.807) is 25.5 Å². The van der Waals surface area contributed by atoms with Crippen molar-refractivity contribution in [1.29, 1.82) is 0 Å². The van der Waals surface area contributed by atoms with Crippen LogP contribution in [0.3, 0.4) is 0 Å². The smallest absolute Gasteiger partial charge is 0.269 e. The zero-order chi connectivity index (χ0) is 19.2. The second kappa shape index (κ2) is 8.09. The van der Waals surface area contributed by atoms with Gasteiger partial charge in [-0.3, -0.25) is 14.9 Å². The first-order chi connectivity index (χ1) is 13.1. The summed E-state index contributed by atoms with van der Waals surface area (Å²) in [4.78, 5) is 22.2. The van der Waals surface area contributed by atoms with E-state index < -0.39 is 4.92 Å². The molecule has 0 spiro atoms. The number of nitro groups is 1. The molecular formula is C20H17N3O4. The molecule has 1 amide bonds. The van der Waals surface area contributed by atoms with Gasteiger partial charge in [-0.1, -0.05) is 42.5 Å². The Kier molecular flexibility index (Phi) is 5.41. The number of ether oxygens (including phenoxy) is 1. The number of hydrogen-bond acceptors (Lipinski definition) is 5. The van der Waals surface area contributed by atoms with Crippen LogP contribution in [0.2, 0.25) is 0 Å². The molecule has 0 aliphatic heterocycles. The lowest BCUT2D eigenvalue weighted by Gasteiger charge is -2.08. The van der Waals surface area contributed by atoms with E-state index in [4.69, 9.17) is 4.74 Å². The van der Waals surface area contributed by atoms with Crippen LogP contribution in [0.15, 0.2) is 65.8 Å². The predicted octanol–water partition coefficient (Wildman–Crippen LogP) is 3.45. The molecule has 0 fully saturated rings. The minimum Gasteiger partial charge on any atom is -0.496 e. The molecule has 0 bridgehead atoms. The summed E-state index contributed by atoms with van der Waals surface area (Å²) in [5.74, 6) is 0.335. The SMILES string of the molecule is COc1ccc2ccccc2c1C=NNC(=O)Cc1ccc([N+](=O)[O-])cc1. The molecule has 7 nitrogen and oxygen atoms in total. The van der Waals surface area contributed by atoms with Crippen molar-refractivity contribution in [3.05, 3.63) is 81.9 Å². The topological polar surface area (TPSA) is 93.8 Å². The Morgan fingerprint density at radius 2 is 1.89 bits per heavy atom. The molecule has 0 radical (unpaired) electrons. The van der Waals surface area contributed by atoms with Gasteiger partial charge in [-0.05, 0) is 22.4 Å². The number of nitrogens with zero attached hydrogens (tertiary/aromatic N) is 2. The zero-order valence-corrected chi connectivity index (χ0v) is 14.6. The number of nitro benzene ring substituents is 1. The van der Waals surface area contributed by atoms with Crippen LogP contribution in [0.1, 0.15) is 11.1 Å². The maximum absolute atomic E-state index is 12.0. The van der Waals surface area contributed by atoms with Crippen LogP contribution in [-0.2, 0) is 11.2 Å². The van der Waals surface area contributed by atoms with Gasteiger partial charge in [0.25, 0.3) is 5.69 Å². The fourth-order valence-electron chi connectivity index (χ4n) is 2.72. The average Bonchev–Trinajstić information content (AvgIpc) is 2.68. The number of fused-ring (bicyclic) bond motifs is 1. The zero-order valence-electron chi connectivity index (χ0n) is 14.6. The van der Waals surface area contributed by atoms with Crippen molar-refractivity contribution >= 4 is 28.6 Å². The van der Waals surface area contributed by atoms with Crippen LogP contribution in [0.5, 0.6) is 5.75 Å². The van der Waals surface area contributed by atoms with Crippen molar-refractivity contribution in [3.63, 3.8) is 0 Å². The summed E-state index contributed by atoms with van der Waals surface area (Å²) in [7, 11) is 1.58. The number of carbonyl (C=O) groups excluding carboxylic acids is 1. The van der Waals surface area contributed by atoms with Gasteiger partial charge in [-0.2, -0.15) is 5.10 Å². The molecule has 0 aliphatic carbocycles. The van der Waals surface area contributed by atoms with Crippen molar-refractivity contribution in [1.82, 2.24) is 5.43 Å². The van der Waals surface area contributed by atoms with Crippen molar-refractivity contribution < 1.29 is 14.5 Å². The maximum Gasteiger partial charge on any atom is 0.269 e. The molecule has 136 valence electrons. The lowest BCUT2D eigenvalue weighted by atomic mass is 10.0. The molecule has 0 atom stereocenters. The number of hydrogen-bond donors (Lipinski definition) is 1. The molecule has 0 saturated heterocycles. The molecule has 7 heteroatoms. The average molecular weight is 363 g/mol. The Morgan fingerprint density at radius 3 is 2.59 bits per heavy atom. The molecule has 3 aromatic carbocycles. The van der Waals surface area contributed by atoms with E-state index in [2.05, 4.69) is 10.5 Å². The van der Waals surface area contributed by atoms with Crippen LogP contribution in [0.25, 0.3) is 10.8 Å². The highest BCUT2D eigenvalue weighted by Gasteiger charge is 2.08. The molecule has 1 N–H and O–H groups in total. The first-order valence-corrected chi connectivity index (χ1v) is 8.19. The Labute approximate surface area is 155 Å². The van der Waals surface area contributed by atoms with E-state index in [-0.39, 0.29) is 18.0 Å². The Hall–Kier alpha value is -3.74. The number of nitrogens with one attached hydrogen (secondary N) is 1. The number of hydrazone groups is 1. The van der Waals surface area contributed by atoms with Gasteiger partial charge in [0.15, 0.2) is 0 Å². The van der Waals surface area contributed by atoms with E-state index in [1.807, 2.05) is 36.4 Å². The monoisotopic (exact) mass is 363 g/mol. The minimum atomic E-state index is -0.480. The molecular weight excluding hydrogens is 346 g/mol. The maximum atomic E-state index is 12.0. The number of amides is 1. The fourth-order valence-corrected chi connectivity index (χ4v) is 2.72. The van der Waals surface area contributed by atoms with E-state index in [0.717, 1.165) is 16.3 Å². The predicted molar refractivity (Wildman–Crippen MR) is 103 cm³/mol. The van der Waals surface area contributed by atoms with Gasteiger partial charge in [0.2, 0.25) is 5.91 Å². The lowest BCUT2D eigenvalue weighted by molar-refractivity contribution is -0.384. The fraction of sp³-hybridized carbons (Fsp3) is 0.100. The molecule has 3 rings (SSSR count). The molecule has 0 unspecified atom stereocenters. The highest BCUT2D eigenvalue weighted by molar-refractivity contribution is 6.02. The Balaban J connectivity index is 1.71. The number of methoxy groups -OCH3 is 1. The van der Waals surface area contributed by atoms with Crippen molar-refractivity contribution in [2.75, 3.05) is 7.11 Å². The summed E-state index contributed by atoms with van der Waals surface area (Å²) in [5, 5.41) is 16.7. The van der Waals surface area contributed by atoms with Gasteiger partial charge in [0.1, 0.15) is 5.75 Å². The molecule has 0 heterocycles. The molecule has 0 saturated carbocycles. The van der Waals surface area contributed by atoms with Crippen LogP contribution >= 0.6 is 0 Å². The highest BCUT2D eigenvalue weighted by Crippen LogP contribution is 2.26. The van der Waals surface area contributed by atoms with Gasteiger partial charge in [0.05, 0.1) is 24.7 Å². The second-order valence-corrected chi connectivity index (χ2v) is 5.80. The quantitative estimate of drug-likeness (QED) is 0.412. The van der Waals surface area contributed by atoms with Gasteiger partial charge >= 0.3 is 0 Å². The number of rotatable bonds is 6. The normalized spacial score (nSPS) is 10.9. The van der Waals surface area contributed by atoms with Crippen LogP contribution in [0, 0.1) is 10.1 Å². The second-order valence-electron chi connectivity index (χ2n) is 5.80. The lowest BCUT2D eigenvalue weighted by Crippen LogP contribution is -2.19. The third-order valence-electron chi connectivity index (χ3n) is 4.05. The van der Waals surface area contributed by atoms with Crippen LogP contribution in [0.4, 0.5) is 5.69 Å². The summed E-state index contributed by atoms with van der Waals surface area (Å²) in [6, 6.07) is 17.5. The van der Waals surface area contributed by atoms with Crippen molar-refractivity contribution in [2.45, 2.75) is 6.42 Å². The molecule has 0 aliphatic rings. The number of non-ortho nitro benzene ring substituents is 1. The molecule has 27 heavy (non-hydrogen) atoms. The Morgan fingerprint density at radius 1 is 1.15 bits per heavy atom. The summed E-state index contributed by atoms with van der Waals surface area (Å²) in [6.45, 7) is 0. The number of benzene rings is 3. The third-order valence-corrected chi connectivity index (χ3v) is 4.05. The van der Waals surface area contributed by atoms with Gasteiger partial charge in [-0.15, -0.1) is 0 Å². The van der Waals surface area contributed by atoms with Crippen molar-refractivity contribution in [2.24, 2.45) is 5.10 Å². The van der Waals surface area contributed by atoms with E-state index in [9.17, 15) is 14.9 Å². The first-order valence-electron chi connectivity index (χ1n) is 8.19. The van der Waals surface area contributed by atoms with E-state index in [1.165, 1.54) is 12.1 Å². The third kappa shape index (κ3) is 4.27. The van der Waals surface area contributed by atoms with E-state index in [0.29, 0.717) is 11.3 Å². The van der Waals surface area contributed by atoms with Gasteiger partial charge < -0.3 is 4.74 Å². The summed E-state index contributed by atoms with van der Waals surface area (Å²) in [6.07, 6.45) is 1.62. The van der Waals surface area contributed by atoms with Crippen LogP contribution in [-0.4, -0.2) is 24.2 Å². The minimum absolute atomic E-state index is 0.0137. The number of carbonyl (C=O) groups is 1. The summed E-state index contributed by atoms with van der Waals surface area (Å²) >= 11 is 0. The molecule has 0 aromatic heterocycles. The standard InChI is InChI=1S/C20H17N3O4/c1-27-19-11-8-15-4-2-3-5-17(15)18(19)13-21-22-20(24)12-14-6-9-16(10-7-14)23(25)26/h2-11,13H,12H2,1H3,(H,22,24). The first kappa shape index (κ1) is 18.1. The van der Waals surface area contributed by atoms with E-state index >= 15 is 0 Å². The summed E-state index contributed by atoms with van der Waals surface area (Å²) < 4.78 is 5.38.